The number of carbonyl (C=O) groups excluding carboxylic acids is 2. The normalized spacial score (nSPS) is 37.2. The van der Waals surface area contributed by atoms with Gasteiger partial charge in [0.25, 0.3) is 0 Å². The molecular formula is C66H110O60. The zero-order chi connectivity index (χ0) is 98.0. The monoisotopic (exact) mass is 1860 g/mol. The van der Waals surface area contributed by atoms with Gasteiger partial charge in [0, 0.05) is 0 Å². The van der Waals surface area contributed by atoms with Crippen molar-refractivity contribution in [2.24, 2.45) is 0 Å². The van der Waals surface area contributed by atoms with Crippen LogP contribution in [0.5, 0.6) is 0 Å². The summed E-state index contributed by atoms with van der Waals surface area (Å²) in [6.07, 6.45) is -62.3. The Morgan fingerprint density at radius 3 is 0.627 bits per heavy atom. The first kappa shape index (κ1) is 119. The Morgan fingerprint density at radius 2 is 0.460 bits per heavy atom. The van der Waals surface area contributed by atoms with Gasteiger partial charge in [0.1, 0.15) is 128 Å². The van der Waals surface area contributed by atoms with Crippen molar-refractivity contribution in [3.63, 3.8) is 0 Å². The Morgan fingerprint density at radius 1 is 0.270 bits per heavy atom. The lowest BCUT2D eigenvalue weighted by Crippen LogP contribution is -2.61. The van der Waals surface area contributed by atoms with Gasteiger partial charge in [0.2, 0.25) is 0 Å². The molecule has 0 aromatic heterocycles. The van der Waals surface area contributed by atoms with E-state index in [0.29, 0.717) is 0 Å². The number of carboxylic acid groups (broad SMARTS) is 10. The Kier molecular flexibility index (Phi) is 53.5. The van der Waals surface area contributed by atoms with Crippen molar-refractivity contribution in [3.8, 4) is 0 Å². The Hall–Kier alpha value is -7.44. The molecule has 60 nitrogen and oxygen atoms in total. The highest BCUT2D eigenvalue weighted by Gasteiger charge is 2.54. The molecular weight excluding hydrogens is 1750 g/mol. The second-order valence-corrected chi connectivity index (χ2v) is 28.0. The fourth-order valence-corrected chi connectivity index (χ4v) is 10.6. The van der Waals surface area contributed by atoms with Crippen LogP contribution in [0.2, 0.25) is 0 Å². The summed E-state index contributed by atoms with van der Waals surface area (Å²) in [5, 5.41) is 311. The number of aliphatic hydroxyl groups is 24. The number of hydrogen-bond acceptors (Lipinski definition) is 50. The molecule has 40 atom stereocenters. The lowest BCUT2D eigenvalue weighted by Gasteiger charge is -2.39. The van der Waals surface area contributed by atoms with Crippen LogP contribution in [-0.4, -0.2) is 517 Å². The summed E-state index contributed by atoms with van der Waals surface area (Å²) in [5.41, 5.74) is 0. The molecule has 60 heteroatoms. The number of aliphatic hydroxyl groups excluding tert-OH is 24. The van der Waals surface area contributed by atoms with Crippen molar-refractivity contribution in [2.75, 3.05) is 26.4 Å². The van der Waals surface area contributed by atoms with Crippen molar-refractivity contribution in [1.82, 2.24) is 0 Å². The predicted octanol–water partition coefficient (Wildman–Crippen LogP) is -17.6. The number of aliphatic carboxylic acids is 10. The molecule has 0 bridgehead atoms. The molecule has 19 unspecified atom stereocenters. The number of carboxylic acids is 10. The summed E-state index contributed by atoms with van der Waals surface area (Å²) in [7, 11) is 0. The van der Waals surface area contributed by atoms with E-state index >= 15 is 0 Å². The van der Waals surface area contributed by atoms with E-state index < -0.39 is 312 Å². The molecule has 7 fully saturated rings. The zero-order valence-corrected chi connectivity index (χ0v) is 66.9. The van der Waals surface area contributed by atoms with Gasteiger partial charge in [-0.3, -0.25) is 14.4 Å². The van der Waals surface area contributed by atoms with E-state index in [0.717, 1.165) is 0 Å². The highest BCUT2D eigenvalue weighted by atomic mass is 16.8. The minimum absolute atomic E-state index is 0.0182. The van der Waals surface area contributed by atoms with Gasteiger partial charge in [-0.05, 0) is 48.5 Å². The van der Waals surface area contributed by atoms with Gasteiger partial charge in [-0.2, -0.15) is 9.59 Å². The van der Waals surface area contributed by atoms with Crippen LogP contribution in [0.3, 0.4) is 0 Å². The van der Waals surface area contributed by atoms with E-state index in [4.69, 9.17) is 138 Å². The molecule has 7 rings (SSSR count). The summed E-state index contributed by atoms with van der Waals surface area (Å²) >= 11 is 0. The van der Waals surface area contributed by atoms with Crippen LogP contribution in [0.25, 0.3) is 0 Å². The third-order valence-electron chi connectivity index (χ3n) is 17.2. The van der Waals surface area contributed by atoms with Crippen LogP contribution in [0.15, 0.2) is 0 Å². The molecule has 0 aromatic rings. The van der Waals surface area contributed by atoms with Crippen molar-refractivity contribution >= 4 is 65.8 Å². The molecule has 7 aliphatic heterocycles. The summed E-state index contributed by atoms with van der Waals surface area (Å²) in [6.45, 7) is 9.03. The van der Waals surface area contributed by atoms with E-state index in [1.807, 2.05) is 0 Å². The molecule has 0 aromatic carbocycles. The topological polar surface area (TPSA) is 1020 Å². The van der Waals surface area contributed by atoms with Gasteiger partial charge < -0.3 is 240 Å². The van der Waals surface area contributed by atoms with Crippen molar-refractivity contribution in [1.29, 1.82) is 0 Å². The average Bonchev–Trinajstić information content (AvgIpc) is 0.829. The molecule has 126 heavy (non-hydrogen) atoms. The Balaban J connectivity index is 0.00000144. The van der Waals surface area contributed by atoms with Gasteiger partial charge >= 0.3 is 65.8 Å². The van der Waals surface area contributed by atoms with Gasteiger partial charge in [0.05, 0.1) is 82.3 Å². The zero-order valence-electron chi connectivity index (χ0n) is 66.9. The van der Waals surface area contributed by atoms with E-state index in [-0.39, 0.29) is 51.3 Å². The second kappa shape index (κ2) is 56.9. The van der Waals surface area contributed by atoms with E-state index in [1.54, 1.807) is 13.8 Å². The van der Waals surface area contributed by atoms with Gasteiger partial charge in [-0.1, -0.05) is 0 Å². The van der Waals surface area contributed by atoms with Crippen molar-refractivity contribution < 1.29 is 297 Å². The number of ether oxygens (including phenoxy) is 14. The maximum Gasteiger partial charge on any atom is 0.373 e. The molecule has 0 aliphatic carbocycles. The molecule has 7 saturated heterocycles. The maximum absolute atomic E-state index is 10.8. The molecule has 0 radical (unpaired) electrons. The number of rotatable bonds is 30. The van der Waals surface area contributed by atoms with Gasteiger partial charge in [0.15, 0.2) is 86.8 Å². The molecule has 734 valence electrons. The van der Waals surface area contributed by atoms with Crippen LogP contribution in [0.1, 0.15) is 67.7 Å². The van der Waals surface area contributed by atoms with E-state index in [2.05, 4.69) is 9.47 Å². The fraction of sp³-hybridized carbons (Fsp3) is 0.833. The molecule has 34 N–H and O–H groups in total. The first-order chi connectivity index (χ1) is 58.2. The summed E-state index contributed by atoms with van der Waals surface area (Å²) in [6, 6.07) is 0. The largest absolute Gasteiger partial charge is 0.481 e. The lowest BCUT2D eigenvalue weighted by molar-refractivity contribution is -0.304. The van der Waals surface area contributed by atoms with E-state index in [9.17, 15) is 150 Å². The minimum Gasteiger partial charge on any atom is -0.481 e. The lowest BCUT2D eigenvalue weighted by atomic mass is 9.99. The molecule has 7 heterocycles. The van der Waals surface area contributed by atoms with Crippen molar-refractivity contribution in [3.05, 3.63) is 0 Å². The molecule has 7 aliphatic rings. The maximum atomic E-state index is 10.8. The molecule has 0 spiro atoms. The van der Waals surface area contributed by atoms with E-state index in [1.165, 1.54) is 34.6 Å². The van der Waals surface area contributed by atoms with Crippen LogP contribution < -0.4 is 0 Å². The first-order valence-electron chi connectivity index (χ1n) is 36.7. The first-order valence-corrected chi connectivity index (χ1v) is 36.7. The number of hydrogen-bond donors (Lipinski definition) is 34. The van der Waals surface area contributed by atoms with Gasteiger partial charge in [-0.15, -0.1) is 0 Å². The van der Waals surface area contributed by atoms with Gasteiger partial charge in [-0.25, -0.2) is 33.6 Å². The van der Waals surface area contributed by atoms with Crippen molar-refractivity contribution in [2.45, 2.75) is 319 Å². The smallest absolute Gasteiger partial charge is 0.373 e. The summed E-state index contributed by atoms with van der Waals surface area (Å²) in [5.74, 6) is -14.2. The highest BCUT2D eigenvalue weighted by Crippen LogP contribution is 2.30. The SMILES string of the molecule is CC(C)O[C@@H]1OC[C@H](O)[C@H](O)C1O.CC(CC(=O)O)O[C@@H]1OC(C(=O)O)[C@@H](O)[C@H](O)C1O.CC(CC(=O)O)O[C@@H]1OC(C(=O)O)[C@@H](O)[C@H](O)C1O.CC(CC(=O)O)O[C@@H]1OC(C(=O)O)[C@H](O)[C@H](O)C1O.CC(CO)O[C@@H]1OC(C(=O)O)[C@@H](O)[C@H](O)C1O.CC(CO)O[C@@H]1OC(C(=O)O)[C@H](O)[C@H](O)C1O.O=C(O)C(CO)O[C@@H]1OC(C(=O)O)[C@@H](O)[C@H](O)C1O.O=C=O. The standard InChI is InChI=1S/3C10H16O9.C9H14O10.2C9H16O8.C8H16O5.CO2/c3*1-3(2-4(11)12)18-10-7(15)5(13)6(14)8(19-10)9(16)17;10-1-2(7(14)15)18-9-5(13)3(11)4(12)6(19-9)8(16)17;2*1-3(2-10)16-9-6(13)4(11)5(12)7(17-9)8(14)15;1-4(2)13-8-7(11)6(10)5(9)3-12-8;2-1-3/h3*3,5-8,10,13-15H,2H2,1H3,(H,11,12)(H,16,17);2-6,9-13H,1H2,(H,14,15)(H,16,17);2*3-7,9-13H,2H2,1H3,(H,14,15);4-11H,3H2,1-2H3;/t3?,5-,6+,7?,8?,10+;2*3?,5-,6-,7?,8?,10+;2?,3-,4-,5?,6?,9+;3?,4-,5+,6?,7?,9+;3?,4-,5-,6?,7?,9+;5-,6-,7?,8-;/m0000000./s1. The molecule has 0 saturated carbocycles. The van der Waals surface area contributed by atoms with Crippen LogP contribution in [-0.2, 0) is 124 Å². The molecule has 0 amide bonds. The quantitative estimate of drug-likeness (QED) is 0.0318. The summed E-state index contributed by atoms with van der Waals surface area (Å²) in [4.78, 5) is 123. The third-order valence-corrected chi connectivity index (χ3v) is 17.2. The van der Waals surface area contributed by atoms with Crippen LogP contribution >= 0.6 is 0 Å². The Bertz CT molecular complexity index is 3100. The summed E-state index contributed by atoms with van der Waals surface area (Å²) < 4.78 is 68.7. The average molecular weight is 1860 g/mol. The fourth-order valence-electron chi connectivity index (χ4n) is 10.6. The predicted molar refractivity (Wildman–Crippen MR) is 378 cm³/mol. The van der Waals surface area contributed by atoms with Crippen LogP contribution in [0, 0.1) is 0 Å². The third kappa shape index (κ3) is 37.6. The Labute approximate surface area is 707 Å². The van der Waals surface area contributed by atoms with Crippen LogP contribution in [0.4, 0.5) is 0 Å². The number of carbonyl (C=O) groups is 10. The highest BCUT2D eigenvalue weighted by molar-refractivity contribution is 5.76. The minimum atomic E-state index is -1.90. The second-order valence-electron chi connectivity index (χ2n) is 28.0.